The van der Waals surface area contributed by atoms with E-state index < -0.39 is 5.97 Å². The van der Waals surface area contributed by atoms with E-state index in [2.05, 4.69) is 5.18 Å². The second kappa shape index (κ2) is 6.71. The minimum atomic E-state index is -0.456. The van der Waals surface area contributed by atoms with Gasteiger partial charge in [-0.3, -0.25) is 0 Å². The van der Waals surface area contributed by atoms with Crippen molar-refractivity contribution in [3.8, 4) is 22.6 Å². The zero-order valence-electron chi connectivity index (χ0n) is 12.5. The zero-order chi connectivity index (χ0) is 16.1. The van der Waals surface area contributed by atoms with E-state index in [1.165, 1.54) is 27.4 Å². The van der Waals surface area contributed by atoms with Crippen molar-refractivity contribution in [3.63, 3.8) is 0 Å². The van der Waals surface area contributed by atoms with Gasteiger partial charge < -0.3 is 14.2 Å². The largest absolute Gasteiger partial charge is 0.493 e. The molecule has 0 aliphatic carbocycles. The predicted octanol–water partition coefficient (Wildman–Crippen LogP) is 3.56. The smallest absolute Gasteiger partial charge is 0.337 e. The van der Waals surface area contributed by atoms with Crippen molar-refractivity contribution in [3.05, 3.63) is 46.9 Å². The lowest BCUT2D eigenvalue weighted by atomic mass is 10.0. The molecule has 0 heterocycles. The maximum Gasteiger partial charge on any atom is 0.337 e. The quantitative estimate of drug-likeness (QED) is 0.623. The zero-order valence-corrected chi connectivity index (χ0v) is 12.5. The molecule has 0 aliphatic rings. The highest BCUT2D eigenvalue weighted by atomic mass is 16.5. The van der Waals surface area contributed by atoms with Gasteiger partial charge in [-0.2, -0.15) is 0 Å². The SMILES string of the molecule is COC(=O)c1cccc(-c2cc(OC)c(OC)cc2N=O)c1. The van der Waals surface area contributed by atoms with Crippen LogP contribution >= 0.6 is 0 Å². The molecule has 0 fully saturated rings. The number of methoxy groups -OCH3 is 3. The van der Waals surface area contributed by atoms with Gasteiger partial charge in [0, 0.05) is 11.6 Å². The molecule has 22 heavy (non-hydrogen) atoms. The van der Waals surface area contributed by atoms with E-state index in [0.29, 0.717) is 28.2 Å². The highest BCUT2D eigenvalue weighted by Gasteiger charge is 2.15. The van der Waals surface area contributed by atoms with Crippen molar-refractivity contribution in [1.29, 1.82) is 0 Å². The summed E-state index contributed by atoms with van der Waals surface area (Å²) in [4.78, 5) is 22.7. The first-order valence-electron chi connectivity index (χ1n) is 6.42. The summed E-state index contributed by atoms with van der Waals surface area (Å²) in [5.41, 5.74) is 1.77. The summed E-state index contributed by atoms with van der Waals surface area (Å²) >= 11 is 0. The fraction of sp³-hybridized carbons (Fsp3) is 0.188. The first-order chi connectivity index (χ1) is 10.6. The number of nitrogens with zero attached hydrogens (tertiary/aromatic N) is 1. The van der Waals surface area contributed by atoms with Gasteiger partial charge >= 0.3 is 5.97 Å². The second-order valence-electron chi connectivity index (χ2n) is 4.39. The third-order valence-corrected chi connectivity index (χ3v) is 3.19. The summed E-state index contributed by atoms with van der Waals surface area (Å²) in [7, 11) is 4.29. The monoisotopic (exact) mass is 301 g/mol. The van der Waals surface area contributed by atoms with Gasteiger partial charge in [-0.05, 0) is 28.9 Å². The van der Waals surface area contributed by atoms with E-state index in [0.717, 1.165) is 0 Å². The van der Waals surface area contributed by atoms with E-state index in [1.807, 2.05) is 0 Å². The number of carbonyl (C=O) groups is 1. The van der Waals surface area contributed by atoms with Crippen LogP contribution in [0.1, 0.15) is 10.4 Å². The first-order valence-corrected chi connectivity index (χ1v) is 6.42. The van der Waals surface area contributed by atoms with Crippen LogP contribution in [0.2, 0.25) is 0 Å². The minimum Gasteiger partial charge on any atom is -0.493 e. The normalized spacial score (nSPS) is 9.95. The fourth-order valence-electron chi connectivity index (χ4n) is 2.11. The lowest BCUT2D eigenvalue weighted by molar-refractivity contribution is 0.0601. The molecule has 0 aromatic heterocycles. The standard InChI is InChI=1S/C16H15NO5/c1-20-14-8-12(13(17-19)9-15(14)21-2)10-5-4-6-11(7-10)16(18)22-3/h4-9H,1-3H3. The van der Waals surface area contributed by atoms with Gasteiger partial charge in [0.2, 0.25) is 0 Å². The molecule has 6 nitrogen and oxygen atoms in total. The molecule has 0 saturated carbocycles. The van der Waals surface area contributed by atoms with Crippen LogP contribution in [0.4, 0.5) is 5.69 Å². The van der Waals surface area contributed by atoms with Crippen molar-refractivity contribution in [1.82, 2.24) is 0 Å². The van der Waals surface area contributed by atoms with E-state index in [4.69, 9.17) is 14.2 Å². The first kappa shape index (κ1) is 15.5. The number of carbonyl (C=O) groups excluding carboxylic acids is 1. The van der Waals surface area contributed by atoms with Crippen LogP contribution in [-0.2, 0) is 4.74 Å². The van der Waals surface area contributed by atoms with Crippen molar-refractivity contribution in [2.75, 3.05) is 21.3 Å². The molecule has 0 aliphatic heterocycles. The highest BCUT2D eigenvalue weighted by Crippen LogP contribution is 2.40. The third-order valence-electron chi connectivity index (χ3n) is 3.19. The summed E-state index contributed by atoms with van der Waals surface area (Å²) in [6, 6.07) is 9.86. The number of benzene rings is 2. The maximum absolute atomic E-state index is 11.6. The van der Waals surface area contributed by atoms with Crippen molar-refractivity contribution in [2.24, 2.45) is 5.18 Å². The van der Waals surface area contributed by atoms with Gasteiger partial charge in [0.15, 0.2) is 11.5 Å². The Morgan fingerprint density at radius 1 is 1.00 bits per heavy atom. The number of nitroso groups, excluding NO2 is 1. The third kappa shape index (κ3) is 2.90. The molecule has 0 spiro atoms. The molecule has 2 aromatic rings. The van der Waals surface area contributed by atoms with Crippen molar-refractivity contribution < 1.29 is 19.0 Å². The summed E-state index contributed by atoms with van der Waals surface area (Å²) in [6.07, 6.45) is 0. The molecule has 0 atom stereocenters. The number of ether oxygens (including phenoxy) is 3. The molecule has 6 heteroatoms. The van der Waals surface area contributed by atoms with E-state index >= 15 is 0 Å². The second-order valence-corrected chi connectivity index (χ2v) is 4.39. The van der Waals surface area contributed by atoms with Gasteiger partial charge in [-0.25, -0.2) is 4.79 Å². The Morgan fingerprint density at radius 2 is 1.68 bits per heavy atom. The summed E-state index contributed by atoms with van der Waals surface area (Å²) in [5, 5.41) is 3.02. The van der Waals surface area contributed by atoms with Crippen molar-refractivity contribution >= 4 is 11.7 Å². The summed E-state index contributed by atoms with van der Waals surface area (Å²) in [5.74, 6) is 0.418. The Hall–Kier alpha value is -2.89. The lowest BCUT2D eigenvalue weighted by Gasteiger charge is -2.12. The fourth-order valence-corrected chi connectivity index (χ4v) is 2.11. The molecule has 2 rings (SSSR count). The van der Waals surface area contributed by atoms with Gasteiger partial charge in [0.25, 0.3) is 0 Å². The molecule has 2 aromatic carbocycles. The number of esters is 1. The van der Waals surface area contributed by atoms with Crippen LogP contribution < -0.4 is 9.47 Å². The Balaban J connectivity index is 2.61. The molecule has 0 radical (unpaired) electrons. The average Bonchev–Trinajstić information content (AvgIpc) is 2.59. The van der Waals surface area contributed by atoms with Crippen LogP contribution in [-0.4, -0.2) is 27.3 Å². The minimum absolute atomic E-state index is 0.194. The lowest BCUT2D eigenvalue weighted by Crippen LogP contribution is -2.00. The number of hydrogen-bond donors (Lipinski definition) is 0. The van der Waals surface area contributed by atoms with E-state index in [-0.39, 0.29) is 5.69 Å². The summed E-state index contributed by atoms with van der Waals surface area (Å²) < 4.78 is 15.1. The van der Waals surface area contributed by atoms with Crippen LogP contribution in [0.3, 0.4) is 0 Å². The Morgan fingerprint density at radius 3 is 2.27 bits per heavy atom. The summed E-state index contributed by atoms with van der Waals surface area (Å²) in [6.45, 7) is 0. The Labute approximate surface area is 127 Å². The van der Waals surface area contributed by atoms with Gasteiger partial charge in [0.05, 0.1) is 26.9 Å². The Kier molecular flexibility index (Phi) is 4.73. The molecule has 0 amide bonds. The van der Waals surface area contributed by atoms with E-state index in [9.17, 15) is 9.70 Å². The highest BCUT2D eigenvalue weighted by molar-refractivity contribution is 5.92. The van der Waals surface area contributed by atoms with Crippen LogP contribution in [0, 0.1) is 4.91 Å². The van der Waals surface area contributed by atoms with Gasteiger partial charge in [-0.1, -0.05) is 12.1 Å². The topological polar surface area (TPSA) is 74.2 Å². The molecular formula is C16H15NO5. The van der Waals surface area contributed by atoms with Crippen molar-refractivity contribution in [2.45, 2.75) is 0 Å². The number of hydrogen-bond acceptors (Lipinski definition) is 6. The number of rotatable bonds is 5. The van der Waals surface area contributed by atoms with Crippen LogP contribution in [0.5, 0.6) is 11.5 Å². The molecule has 0 unspecified atom stereocenters. The Bertz CT molecular complexity index is 712. The molecule has 0 bridgehead atoms. The average molecular weight is 301 g/mol. The van der Waals surface area contributed by atoms with Crippen LogP contribution in [0.15, 0.2) is 41.6 Å². The molecular weight excluding hydrogens is 286 g/mol. The molecule has 0 N–H and O–H groups in total. The predicted molar refractivity (Wildman–Crippen MR) is 81.8 cm³/mol. The van der Waals surface area contributed by atoms with Gasteiger partial charge in [0.1, 0.15) is 5.69 Å². The van der Waals surface area contributed by atoms with Gasteiger partial charge in [-0.15, -0.1) is 4.91 Å². The van der Waals surface area contributed by atoms with E-state index in [1.54, 1.807) is 30.3 Å². The van der Waals surface area contributed by atoms with Crippen LogP contribution in [0.25, 0.3) is 11.1 Å². The maximum atomic E-state index is 11.6. The molecule has 0 saturated heterocycles. The molecule has 114 valence electrons.